The quantitative estimate of drug-likeness (QED) is 0.481. The van der Waals surface area contributed by atoms with Crippen molar-refractivity contribution in [2.75, 3.05) is 6.61 Å². The van der Waals surface area contributed by atoms with Crippen molar-refractivity contribution in [3.8, 4) is 28.5 Å². The second-order valence-corrected chi connectivity index (χ2v) is 7.03. The molecule has 0 spiro atoms. The molecule has 1 unspecified atom stereocenters. The van der Waals surface area contributed by atoms with E-state index >= 15 is 0 Å². The highest BCUT2D eigenvalue weighted by Gasteiger charge is 2.16. The Morgan fingerprint density at radius 3 is 2.66 bits per heavy atom. The van der Waals surface area contributed by atoms with Gasteiger partial charge in [0.05, 0.1) is 24.4 Å². The maximum absolute atomic E-state index is 10.4. The molecule has 2 N–H and O–H groups in total. The van der Waals surface area contributed by atoms with Crippen molar-refractivity contribution in [3.05, 3.63) is 60.8 Å². The van der Waals surface area contributed by atoms with Crippen LogP contribution in [0.3, 0.4) is 0 Å². The SMILES string of the molecule is CC(CO)n1cc(-c2ccc(O)c(-c3nc4cc5ccccc5cc4o3)c2)nn1. The summed E-state index contributed by atoms with van der Waals surface area (Å²) in [6, 6.07) is 16.9. The molecule has 0 aliphatic rings. The van der Waals surface area contributed by atoms with Gasteiger partial charge in [0.15, 0.2) is 5.58 Å². The number of benzene rings is 3. The van der Waals surface area contributed by atoms with Gasteiger partial charge in [0.25, 0.3) is 0 Å². The van der Waals surface area contributed by atoms with E-state index in [-0.39, 0.29) is 18.4 Å². The lowest BCUT2D eigenvalue weighted by Crippen LogP contribution is -2.09. The fourth-order valence-electron chi connectivity index (χ4n) is 3.30. The predicted octanol–water partition coefficient (Wildman–Crippen LogP) is 4.17. The number of nitrogens with zero attached hydrogens (tertiary/aromatic N) is 4. The number of hydrogen-bond acceptors (Lipinski definition) is 6. The van der Waals surface area contributed by atoms with Crippen molar-refractivity contribution in [2.24, 2.45) is 0 Å². The number of phenolic OH excluding ortho intramolecular Hbond substituents is 1. The molecule has 0 fully saturated rings. The van der Waals surface area contributed by atoms with Gasteiger partial charge in [-0.2, -0.15) is 0 Å². The molecule has 5 aromatic rings. The summed E-state index contributed by atoms with van der Waals surface area (Å²) in [6.45, 7) is 1.82. The second-order valence-electron chi connectivity index (χ2n) is 7.03. The van der Waals surface area contributed by atoms with E-state index in [1.807, 2.05) is 43.3 Å². The summed E-state index contributed by atoms with van der Waals surface area (Å²) < 4.78 is 7.55. The number of aromatic hydroxyl groups is 1. The Bertz CT molecular complexity index is 1290. The van der Waals surface area contributed by atoms with Crippen molar-refractivity contribution in [1.29, 1.82) is 0 Å². The van der Waals surface area contributed by atoms with E-state index in [1.165, 1.54) is 0 Å². The Morgan fingerprint density at radius 1 is 1.07 bits per heavy atom. The fraction of sp³-hybridized carbons (Fsp3) is 0.136. The summed E-state index contributed by atoms with van der Waals surface area (Å²) in [5.74, 6) is 0.409. The third-order valence-electron chi connectivity index (χ3n) is 5.00. The molecule has 0 amide bonds. The van der Waals surface area contributed by atoms with Gasteiger partial charge in [-0.15, -0.1) is 5.10 Å². The summed E-state index contributed by atoms with van der Waals surface area (Å²) in [5.41, 5.74) is 3.26. The zero-order valence-electron chi connectivity index (χ0n) is 15.6. The summed E-state index contributed by atoms with van der Waals surface area (Å²) in [7, 11) is 0. The Labute approximate surface area is 165 Å². The zero-order valence-corrected chi connectivity index (χ0v) is 15.6. The number of oxazole rings is 1. The molecule has 3 aromatic carbocycles. The first kappa shape index (κ1) is 17.4. The lowest BCUT2D eigenvalue weighted by atomic mass is 10.1. The van der Waals surface area contributed by atoms with Gasteiger partial charge in [-0.3, -0.25) is 0 Å². The molecule has 2 heterocycles. The average molecular weight is 386 g/mol. The van der Waals surface area contributed by atoms with Gasteiger partial charge in [-0.05, 0) is 48.0 Å². The van der Waals surface area contributed by atoms with E-state index in [9.17, 15) is 10.2 Å². The van der Waals surface area contributed by atoms with Gasteiger partial charge >= 0.3 is 0 Å². The van der Waals surface area contributed by atoms with Crippen molar-refractivity contribution in [1.82, 2.24) is 20.0 Å². The Balaban J connectivity index is 1.59. The molecule has 0 radical (unpaired) electrons. The molecule has 0 aliphatic heterocycles. The molecule has 144 valence electrons. The molecule has 7 heteroatoms. The van der Waals surface area contributed by atoms with Crippen LogP contribution in [-0.4, -0.2) is 36.8 Å². The van der Waals surface area contributed by atoms with Gasteiger partial charge in [-0.25, -0.2) is 9.67 Å². The minimum Gasteiger partial charge on any atom is -0.507 e. The first-order chi connectivity index (χ1) is 14.1. The fourth-order valence-corrected chi connectivity index (χ4v) is 3.30. The molecule has 5 rings (SSSR count). The second kappa shape index (κ2) is 6.72. The van der Waals surface area contributed by atoms with Crippen LogP contribution >= 0.6 is 0 Å². The van der Waals surface area contributed by atoms with Crippen LogP contribution in [0.2, 0.25) is 0 Å². The Kier molecular flexibility index (Phi) is 4.03. The van der Waals surface area contributed by atoms with Crippen LogP contribution in [-0.2, 0) is 0 Å². The topological polar surface area (TPSA) is 97.2 Å². The van der Waals surface area contributed by atoms with Crippen LogP contribution in [0.1, 0.15) is 13.0 Å². The van der Waals surface area contributed by atoms with Gasteiger partial charge < -0.3 is 14.6 Å². The summed E-state index contributed by atoms with van der Waals surface area (Å²) >= 11 is 0. The number of aromatic nitrogens is 4. The van der Waals surface area contributed by atoms with Crippen LogP contribution in [0.25, 0.3) is 44.6 Å². The molecule has 1 atom stereocenters. The molecular weight excluding hydrogens is 368 g/mol. The smallest absolute Gasteiger partial charge is 0.231 e. The number of aliphatic hydroxyl groups is 1. The maximum Gasteiger partial charge on any atom is 0.231 e. The number of aliphatic hydroxyl groups excluding tert-OH is 1. The highest BCUT2D eigenvalue weighted by atomic mass is 16.3. The first-order valence-electron chi connectivity index (χ1n) is 9.28. The average Bonchev–Trinajstić information content (AvgIpc) is 3.39. The molecule has 2 aromatic heterocycles. The Morgan fingerprint density at radius 2 is 1.86 bits per heavy atom. The van der Waals surface area contributed by atoms with E-state index in [1.54, 1.807) is 29.1 Å². The van der Waals surface area contributed by atoms with E-state index in [2.05, 4.69) is 15.3 Å². The van der Waals surface area contributed by atoms with Crippen LogP contribution in [0.15, 0.2) is 65.2 Å². The molecule has 0 aliphatic carbocycles. The van der Waals surface area contributed by atoms with Gasteiger partial charge in [0.2, 0.25) is 5.89 Å². The minimum absolute atomic E-state index is 0.0269. The minimum atomic E-state index is -0.168. The normalized spacial score (nSPS) is 12.6. The molecular formula is C22H18N4O3. The van der Waals surface area contributed by atoms with E-state index in [4.69, 9.17) is 4.42 Å². The zero-order chi connectivity index (χ0) is 20.0. The third kappa shape index (κ3) is 3.01. The Hall–Kier alpha value is -3.71. The van der Waals surface area contributed by atoms with E-state index in [0.717, 1.165) is 21.9 Å². The molecule has 7 nitrogen and oxygen atoms in total. The summed E-state index contributed by atoms with van der Waals surface area (Å²) in [4.78, 5) is 4.57. The first-order valence-corrected chi connectivity index (χ1v) is 9.28. The number of hydrogen-bond donors (Lipinski definition) is 2. The number of phenols is 1. The van der Waals surface area contributed by atoms with Crippen molar-refractivity contribution >= 4 is 21.9 Å². The van der Waals surface area contributed by atoms with Crippen LogP contribution in [0.4, 0.5) is 0 Å². The highest BCUT2D eigenvalue weighted by Crippen LogP contribution is 2.35. The highest BCUT2D eigenvalue weighted by molar-refractivity contribution is 5.95. The third-order valence-corrected chi connectivity index (χ3v) is 5.00. The lowest BCUT2D eigenvalue weighted by Gasteiger charge is -2.05. The maximum atomic E-state index is 10.4. The number of rotatable bonds is 4. The van der Waals surface area contributed by atoms with Gasteiger partial charge in [-0.1, -0.05) is 29.5 Å². The largest absolute Gasteiger partial charge is 0.507 e. The van der Waals surface area contributed by atoms with Gasteiger partial charge in [0.1, 0.15) is 17.0 Å². The van der Waals surface area contributed by atoms with Crippen LogP contribution < -0.4 is 0 Å². The van der Waals surface area contributed by atoms with Crippen LogP contribution in [0, 0.1) is 0 Å². The van der Waals surface area contributed by atoms with Crippen molar-refractivity contribution < 1.29 is 14.6 Å². The van der Waals surface area contributed by atoms with Gasteiger partial charge in [0, 0.05) is 5.56 Å². The molecule has 29 heavy (non-hydrogen) atoms. The number of fused-ring (bicyclic) bond motifs is 2. The van der Waals surface area contributed by atoms with Crippen molar-refractivity contribution in [2.45, 2.75) is 13.0 Å². The summed E-state index contributed by atoms with van der Waals surface area (Å²) in [5, 5.41) is 30.1. The molecule has 0 saturated heterocycles. The van der Waals surface area contributed by atoms with Crippen LogP contribution in [0.5, 0.6) is 5.75 Å². The lowest BCUT2D eigenvalue weighted by molar-refractivity contribution is 0.228. The van der Waals surface area contributed by atoms with E-state index < -0.39 is 0 Å². The predicted molar refractivity (Wildman–Crippen MR) is 109 cm³/mol. The standard InChI is InChI=1S/C22H18N4O3/c1-13(12-27)26-11-19(24-25-26)16-6-7-20(28)17(8-16)22-23-18-9-14-4-2-3-5-15(14)10-21(18)29-22/h2-11,13,27-28H,12H2,1H3. The summed E-state index contributed by atoms with van der Waals surface area (Å²) in [6.07, 6.45) is 1.76. The molecule has 0 saturated carbocycles. The van der Waals surface area contributed by atoms with Crippen molar-refractivity contribution in [3.63, 3.8) is 0 Å². The monoisotopic (exact) mass is 386 g/mol. The van der Waals surface area contributed by atoms with E-state index in [0.29, 0.717) is 22.7 Å². The molecule has 0 bridgehead atoms.